The Morgan fingerprint density at radius 3 is 2.50 bits per heavy atom. The van der Waals surface area contributed by atoms with Gasteiger partial charge in [-0.25, -0.2) is 12.8 Å². The minimum absolute atomic E-state index is 0.0893. The van der Waals surface area contributed by atoms with Crippen LogP contribution in [-0.2, 0) is 14.8 Å². The van der Waals surface area contributed by atoms with Gasteiger partial charge in [0.05, 0.1) is 10.6 Å². The molecule has 32 heavy (non-hydrogen) atoms. The number of aromatic nitrogens is 2. The third-order valence-electron chi connectivity index (χ3n) is 5.05. The molecule has 1 amide bonds. The van der Waals surface area contributed by atoms with Gasteiger partial charge < -0.3 is 9.32 Å². The lowest BCUT2D eigenvalue weighted by Gasteiger charge is -2.33. The van der Waals surface area contributed by atoms with Crippen LogP contribution < -0.4 is 0 Å². The Bertz CT molecular complexity index is 1210. The number of benzene rings is 2. The zero-order chi connectivity index (χ0) is 22.7. The van der Waals surface area contributed by atoms with E-state index < -0.39 is 15.8 Å². The number of halogens is 1. The lowest BCUT2D eigenvalue weighted by Crippen LogP contribution is -2.50. The van der Waals surface area contributed by atoms with Crippen LogP contribution in [-0.4, -0.2) is 65.7 Å². The molecular formula is C21H21FN4O4S2. The number of amides is 1. The molecule has 2 aromatic carbocycles. The first-order valence-corrected chi connectivity index (χ1v) is 12.3. The summed E-state index contributed by atoms with van der Waals surface area (Å²) in [5.74, 6) is -0.265. The van der Waals surface area contributed by atoms with Crippen molar-refractivity contribution >= 4 is 27.7 Å². The van der Waals surface area contributed by atoms with E-state index in [1.807, 2.05) is 31.2 Å². The molecular weight excluding hydrogens is 455 g/mol. The average molecular weight is 477 g/mol. The summed E-state index contributed by atoms with van der Waals surface area (Å²) in [6.07, 6.45) is 0. The summed E-state index contributed by atoms with van der Waals surface area (Å²) < 4.78 is 45.7. The van der Waals surface area contributed by atoms with Gasteiger partial charge in [-0.15, -0.1) is 10.2 Å². The van der Waals surface area contributed by atoms with E-state index in [0.717, 1.165) is 29.0 Å². The number of carbonyl (C=O) groups is 1. The Morgan fingerprint density at radius 2 is 1.81 bits per heavy atom. The van der Waals surface area contributed by atoms with Crippen LogP contribution in [0.15, 0.2) is 63.1 Å². The van der Waals surface area contributed by atoms with Crippen molar-refractivity contribution in [2.75, 3.05) is 31.9 Å². The molecule has 0 unspecified atom stereocenters. The highest BCUT2D eigenvalue weighted by Crippen LogP contribution is 2.24. The monoisotopic (exact) mass is 476 g/mol. The maximum atomic E-state index is 13.4. The molecule has 0 saturated carbocycles. The largest absolute Gasteiger partial charge is 0.411 e. The van der Waals surface area contributed by atoms with E-state index >= 15 is 0 Å². The number of sulfonamides is 1. The number of hydrogen-bond acceptors (Lipinski definition) is 7. The second kappa shape index (κ2) is 9.39. The predicted octanol–water partition coefficient (Wildman–Crippen LogP) is 2.81. The summed E-state index contributed by atoms with van der Waals surface area (Å²) in [5, 5.41) is 8.28. The molecule has 0 N–H and O–H groups in total. The molecule has 2 heterocycles. The van der Waals surface area contributed by atoms with E-state index in [-0.39, 0.29) is 42.7 Å². The minimum atomic E-state index is -3.80. The maximum Gasteiger partial charge on any atom is 0.277 e. The molecule has 0 aliphatic carbocycles. The minimum Gasteiger partial charge on any atom is -0.411 e. The van der Waals surface area contributed by atoms with Gasteiger partial charge in [0, 0.05) is 31.7 Å². The van der Waals surface area contributed by atoms with Crippen molar-refractivity contribution in [1.29, 1.82) is 0 Å². The second-order valence-corrected chi connectivity index (χ2v) is 10.1. The molecule has 11 heteroatoms. The number of thioether (sulfide) groups is 1. The first-order valence-electron chi connectivity index (χ1n) is 9.90. The van der Waals surface area contributed by atoms with Gasteiger partial charge in [-0.3, -0.25) is 4.79 Å². The van der Waals surface area contributed by atoms with Gasteiger partial charge in [0.2, 0.25) is 21.8 Å². The molecule has 1 saturated heterocycles. The molecule has 168 valence electrons. The molecule has 1 aromatic heterocycles. The summed E-state index contributed by atoms with van der Waals surface area (Å²) >= 11 is 1.14. The second-order valence-electron chi connectivity index (χ2n) is 7.27. The predicted molar refractivity (Wildman–Crippen MR) is 117 cm³/mol. The Morgan fingerprint density at radius 1 is 1.09 bits per heavy atom. The zero-order valence-corrected chi connectivity index (χ0v) is 18.9. The van der Waals surface area contributed by atoms with E-state index in [4.69, 9.17) is 4.42 Å². The van der Waals surface area contributed by atoms with E-state index in [2.05, 4.69) is 10.2 Å². The van der Waals surface area contributed by atoms with Crippen molar-refractivity contribution in [3.8, 4) is 11.5 Å². The number of aryl methyl sites for hydroxylation is 1. The molecule has 1 aliphatic heterocycles. The smallest absolute Gasteiger partial charge is 0.277 e. The van der Waals surface area contributed by atoms with E-state index in [1.54, 1.807) is 4.90 Å². The quantitative estimate of drug-likeness (QED) is 0.505. The van der Waals surface area contributed by atoms with Crippen LogP contribution in [0.5, 0.6) is 0 Å². The number of rotatable bonds is 6. The van der Waals surface area contributed by atoms with Crippen LogP contribution in [0.25, 0.3) is 11.5 Å². The van der Waals surface area contributed by atoms with Crippen molar-refractivity contribution in [3.63, 3.8) is 0 Å². The van der Waals surface area contributed by atoms with Gasteiger partial charge in [0.1, 0.15) is 5.82 Å². The highest BCUT2D eigenvalue weighted by molar-refractivity contribution is 7.99. The van der Waals surface area contributed by atoms with Gasteiger partial charge in [-0.1, -0.05) is 35.5 Å². The van der Waals surface area contributed by atoms with Gasteiger partial charge in [0.15, 0.2) is 0 Å². The Kier molecular flexibility index (Phi) is 6.58. The average Bonchev–Trinajstić information content (AvgIpc) is 3.27. The number of piperazine rings is 1. The third-order valence-corrected chi connectivity index (χ3v) is 7.75. The highest BCUT2D eigenvalue weighted by atomic mass is 32.2. The molecule has 0 radical (unpaired) electrons. The van der Waals surface area contributed by atoms with Crippen LogP contribution >= 0.6 is 11.8 Å². The summed E-state index contributed by atoms with van der Waals surface area (Å²) in [4.78, 5) is 14.1. The Hall–Kier alpha value is -2.76. The lowest BCUT2D eigenvalue weighted by atomic mass is 10.1. The van der Waals surface area contributed by atoms with E-state index in [1.165, 1.54) is 22.5 Å². The van der Waals surface area contributed by atoms with E-state index in [0.29, 0.717) is 11.1 Å². The number of nitrogens with zero attached hydrogens (tertiary/aromatic N) is 4. The van der Waals surface area contributed by atoms with Gasteiger partial charge in [-0.2, -0.15) is 4.31 Å². The molecule has 1 fully saturated rings. The molecule has 0 bridgehead atoms. The summed E-state index contributed by atoms with van der Waals surface area (Å²) in [6, 6.07) is 12.6. The summed E-state index contributed by atoms with van der Waals surface area (Å²) in [5.41, 5.74) is 1.93. The third kappa shape index (κ3) is 5.00. The van der Waals surface area contributed by atoms with Gasteiger partial charge in [0.25, 0.3) is 5.22 Å². The van der Waals surface area contributed by atoms with Crippen LogP contribution in [0.3, 0.4) is 0 Å². The molecule has 0 atom stereocenters. The SMILES string of the molecule is Cc1ccc(-c2nnc(SCC(=O)N3CCN(S(=O)(=O)c4cccc(F)c4)CC3)o2)cc1. The van der Waals surface area contributed by atoms with E-state index in [9.17, 15) is 17.6 Å². The summed E-state index contributed by atoms with van der Waals surface area (Å²) in [7, 11) is -3.80. The lowest BCUT2D eigenvalue weighted by molar-refractivity contribution is -0.129. The van der Waals surface area contributed by atoms with Crippen molar-refractivity contribution < 1.29 is 22.0 Å². The molecule has 3 aromatic rings. The van der Waals surface area contributed by atoms with Crippen LogP contribution in [0.1, 0.15) is 5.56 Å². The van der Waals surface area contributed by atoms with Crippen LogP contribution in [0, 0.1) is 12.7 Å². The van der Waals surface area contributed by atoms with Gasteiger partial charge in [-0.05, 0) is 37.3 Å². The zero-order valence-electron chi connectivity index (χ0n) is 17.3. The van der Waals surface area contributed by atoms with Crippen molar-refractivity contribution in [3.05, 3.63) is 59.9 Å². The Labute approximate surface area is 189 Å². The number of carbonyl (C=O) groups excluding carboxylic acids is 1. The fraction of sp³-hybridized carbons (Fsp3) is 0.286. The highest BCUT2D eigenvalue weighted by Gasteiger charge is 2.30. The summed E-state index contributed by atoms with van der Waals surface area (Å²) in [6.45, 7) is 2.79. The standard InChI is InChI=1S/C21H21FN4O4S2/c1-15-5-7-16(8-6-15)20-23-24-21(30-20)31-14-19(27)25-9-11-26(12-10-25)32(28,29)18-4-2-3-17(22)13-18/h2-8,13H,9-12,14H2,1H3. The van der Waals surface area contributed by atoms with Crippen molar-refractivity contribution in [2.45, 2.75) is 17.0 Å². The first kappa shape index (κ1) is 22.4. The topological polar surface area (TPSA) is 96.6 Å². The molecule has 4 rings (SSSR count). The Balaban J connectivity index is 1.30. The maximum absolute atomic E-state index is 13.4. The van der Waals surface area contributed by atoms with Crippen molar-refractivity contribution in [2.24, 2.45) is 0 Å². The molecule has 1 aliphatic rings. The van der Waals surface area contributed by atoms with Crippen LogP contribution in [0.4, 0.5) is 4.39 Å². The normalized spacial score (nSPS) is 15.1. The number of hydrogen-bond donors (Lipinski definition) is 0. The fourth-order valence-electron chi connectivity index (χ4n) is 3.25. The van der Waals surface area contributed by atoms with Crippen molar-refractivity contribution in [1.82, 2.24) is 19.4 Å². The fourth-order valence-corrected chi connectivity index (χ4v) is 5.37. The molecule has 0 spiro atoms. The van der Waals surface area contributed by atoms with Crippen LogP contribution in [0.2, 0.25) is 0 Å². The van der Waals surface area contributed by atoms with Gasteiger partial charge >= 0.3 is 0 Å². The molecule has 8 nitrogen and oxygen atoms in total. The first-order chi connectivity index (χ1) is 15.3.